The largest absolute Gasteiger partial charge is 0.342 e. The highest BCUT2D eigenvalue weighted by molar-refractivity contribution is 6.01. The number of piperidine rings is 1. The van der Waals surface area contributed by atoms with E-state index in [0.717, 1.165) is 29.4 Å². The van der Waals surface area contributed by atoms with Crippen LogP contribution in [0.2, 0.25) is 0 Å². The molecule has 1 aliphatic heterocycles. The van der Waals surface area contributed by atoms with Gasteiger partial charge in [0, 0.05) is 13.1 Å². The summed E-state index contributed by atoms with van der Waals surface area (Å²) in [6.45, 7) is 7.02. The second kappa shape index (κ2) is 9.24. The number of fused-ring (bicyclic) bond motifs is 5. The summed E-state index contributed by atoms with van der Waals surface area (Å²) >= 11 is 0. The lowest BCUT2D eigenvalue weighted by molar-refractivity contribution is -0.169. The third-order valence-corrected chi connectivity index (χ3v) is 11.7. The van der Waals surface area contributed by atoms with E-state index in [4.69, 9.17) is 0 Å². The normalized spacial score (nSPS) is 36.7. The molecule has 1 N–H and O–H groups in total. The van der Waals surface area contributed by atoms with Crippen LogP contribution in [-0.4, -0.2) is 29.8 Å². The number of likely N-dealkylation sites (tertiary alicyclic amines) is 1. The molecule has 6 rings (SSSR count). The van der Waals surface area contributed by atoms with Crippen molar-refractivity contribution >= 4 is 11.8 Å². The Bertz CT molecular complexity index is 1160. The molecule has 0 radical (unpaired) electrons. The third-order valence-electron chi connectivity index (χ3n) is 11.7. The molecule has 4 nitrogen and oxygen atoms in total. The molecule has 2 unspecified atom stereocenters. The lowest BCUT2D eigenvalue weighted by Gasteiger charge is -2.62. The zero-order chi connectivity index (χ0) is 26.7. The first-order chi connectivity index (χ1) is 18.2. The Hall–Kier alpha value is -2.62. The summed E-state index contributed by atoms with van der Waals surface area (Å²) in [6, 6.07) is 20.5. The first kappa shape index (κ1) is 25.6. The molecule has 0 aromatic heterocycles. The fourth-order valence-corrected chi connectivity index (χ4v) is 9.67. The van der Waals surface area contributed by atoms with E-state index in [1.807, 2.05) is 48.3 Å². The van der Waals surface area contributed by atoms with Crippen LogP contribution in [0.3, 0.4) is 0 Å². The van der Waals surface area contributed by atoms with E-state index in [-0.39, 0.29) is 23.3 Å². The maximum atomic E-state index is 14.2. The first-order valence-corrected chi connectivity index (χ1v) is 14.9. The minimum absolute atomic E-state index is 0.00610. The van der Waals surface area contributed by atoms with Gasteiger partial charge in [0.2, 0.25) is 11.8 Å². The Kier molecular flexibility index (Phi) is 6.24. The highest BCUT2D eigenvalue weighted by atomic mass is 16.2. The smallest absolute Gasteiger partial charge is 0.235 e. The van der Waals surface area contributed by atoms with Crippen molar-refractivity contribution < 1.29 is 9.59 Å². The quantitative estimate of drug-likeness (QED) is 0.473. The van der Waals surface area contributed by atoms with Gasteiger partial charge < -0.3 is 10.2 Å². The van der Waals surface area contributed by atoms with Crippen molar-refractivity contribution in [2.45, 2.75) is 83.7 Å². The van der Waals surface area contributed by atoms with Crippen LogP contribution in [-0.2, 0) is 15.1 Å². The first-order valence-electron chi connectivity index (χ1n) is 14.9. The van der Waals surface area contributed by atoms with Gasteiger partial charge in [-0.2, -0.15) is 0 Å². The molecule has 202 valence electrons. The van der Waals surface area contributed by atoms with Gasteiger partial charge in [0.05, 0.1) is 5.54 Å². The monoisotopic (exact) mass is 512 g/mol. The molecule has 0 bridgehead atoms. The van der Waals surface area contributed by atoms with Gasteiger partial charge in [0.25, 0.3) is 0 Å². The van der Waals surface area contributed by atoms with Crippen LogP contribution in [0.25, 0.3) is 0 Å². The predicted molar refractivity (Wildman–Crippen MR) is 151 cm³/mol. The molecule has 38 heavy (non-hydrogen) atoms. The molecule has 4 fully saturated rings. The van der Waals surface area contributed by atoms with E-state index in [2.05, 4.69) is 50.4 Å². The van der Waals surface area contributed by atoms with Crippen molar-refractivity contribution in [1.29, 1.82) is 0 Å². The highest BCUT2D eigenvalue weighted by Crippen LogP contribution is 2.65. The van der Waals surface area contributed by atoms with Crippen molar-refractivity contribution in [3.63, 3.8) is 0 Å². The molecule has 0 spiro atoms. The molecule has 1 heterocycles. The van der Waals surface area contributed by atoms with Crippen LogP contribution < -0.4 is 5.32 Å². The van der Waals surface area contributed by atoms with E-state index in [1.165, 1.54) is 38.5 Å². The van der Waals surface area contributed by atoms with Gasteiger partial charge in [-0.05, 0) is 91.6 Å². The second-order valence-corrected chi connectivity index (χ2v) is 13.6. The summed E-state index contributed by atoms with van der Waals surface area (Å²) < 4.78 is 0. The number of hydrogen-bond donors (Lipinski definition) is 1. The average molecular weight is 513 g/mol. The summed E-state index contributed by atoms with van der Waals surface area (Å²) in [6.07, 6.45) is 9.63. The van der Waals surface area contributed by atoms with Crippen molar-refractivity contribution in [1.82, 2.24) is 10.2 Å². The summed E-state index contributed by atoms with van der Waals surface area (Å²) in [5, 5.41) is 3.39. The molecular formula is C34H44N2O2. The number of amides is 2. The summed E-state index contributed by atoms with van der Waals surface area (Å²) in [5.74, 6) is 1.35. The van der Waals surface area contributed by atoms with Gasteiger partial charge in [0.1, 0.15) is 5.92 Å². The molecule has 4 heteroatoms. The van der Waals surface area contributed by atoms with Gasteiger partial charge in [-0.3, -0.25) is 9.59 Å². The number of nitrogens with one attached hydrogen (secondary N) is 1. The molecule has 7 atom stereocenters. The Morgan fingerprint density at radius 3 is 2.16 bits per heavy atom. The molecular weight excluding hydrogens is 468 g/mol. The number of carbonyl (C=O) groups excluding carboxylic acids is 2. The summed E-state index contributed by atoms with van der Waals surface area (Å²) in [5.41, 5.74) is 1.80. The zero-order valence-corrected chi connectivity index (χ0v) is 23.6. The number of rotatable bonds is 4. The van der Waals surface area contributed by atoms with Gasteiger partial charge in [0.15, 0.2) is 0 Å². The molecule has 1 saturated heterocycles. The SMILES string of the molecule is CN1C(=O)C(C(=O)NC(C)(c2ccccc2)c2ccccc2)C[C@@]2(C)C1CC[C@@H]1[C@H]2CC[C@]2(C)CCC[C@@H]12. The van der Waals surface area contributed by atoms with E-state index in [9.17, 15) is 9.59 Å². The van der Waals surface area contributed by atoms with E-state index in [1.54, 1.807) is 0 Å². The van der Waals surface area contributed by atoms with Crippen molar-refractivity contribution in [2.75, 3.05) is 7.05 Å². The third kappa shape index (κ3) is 3.85. The Morgan fingerprint density at radius 2 is 1.53 bits per heavy atom. The Labute approximate surface area is 228 Å². The van der Waals surface area contributed by atoms with Crippen molar-refractivity contribution in [3.8, 4) is 0 Å². The topological polar surface area (TPSA) is 49.4 Å². The van der Waals surface area contributed by atoms with Crippen molar-refractivity contribution in [2.24, 2.45) is 34.5 Å². The highest BCUT2D eigenvalue weighted by Gasteiger charge is 2.61. The predicted octanol–water partition coefficient (Wildman–Crippen LogP) is 6.55. The van der Waals surface area contributed by atoms with Gasteiger partial charge in [-0.25, -0.2) is 0 Å². The van der Waals surface area contributed by atoms with Crippen LogP contribution in [0.1, 0.15) is 83.3 Å². The molecule has 2 amide bonds. The molecule has 4 aliphatic rings. The van der Waals surface area contributed by atoms with Crippen LogP contribution in [0.15, 0.2) is 60.7 Å². The molecule has 2 aromatic carbocycles. The number of nitrogens with zero attached hydrogens (tertiary/aromatic N) is 1. The van der Waals surface area contributed by atoms with Crippen molar-refractivity contribution in [3.05, 3.63) is 71.8 Å². The molecule has 2 aromatic rings. The fraction of sp³-hybridized carbons (Fsp3) is 0.588. The van der Waals surface area contributed by atoms with Gasteiger partial charge in [-0.15, -0.1) is 0 Å². The number of hydrogen-bond acceptors (Lipinski definition) is 2. The lowest BCUT2D eigenvalue weighted by Crippen LogP contribution is -2.65. The average Bonchev–Trinajstić information content (AvgIpc) is 3.33. The Morgan fingerprint density at radius 1 is 0.895 bits per heavy atom. The second-order valence-electron chi connectivity index (χ2n) is 13.6. The number of carbonyl (C=O) groups is 2. The standard InChI is InChI=1S/C34H44N2O2/c1-32-20-11-16-27(32)25-17-18-29-33(2,28(25)19-21-32)22-26(31(38)36(29)4)30(37)35-34(3,23-12-7-5-8-13-23)24-14-9-6-10-15-24/h5-10,12-15,25-29H,11,16-22H2,1-4H3,(H,35,37)/t25-,26?,27-,28+,29?,32-,33+/m0/s1. The number of benzene rings is 2. The molecule has 3 saturated carbocycles. The van der Waals surface area contributed by atoms with Crippen LogP contribution in [0, 0.1) is 34.5 Å². The lowest BCUT2D eigenvalue weighted by atomic mass is 9.47. The van der Waals surface area contributed by atoms with Gasteiger partial charge >= 0.3 is 0 Å². The summed E-state index contributed by atoms with van der Waals surface area (Å²) in [7, 11) is 1.96. The fourth-order valence-electron chi connectivity index (χ4n) is 9.67. The zero-order valence-electron chi connectivity index (χ0n) is 23.6. The minimum Gasteiger partial charge on any atom is -0.342 e. The van der Waals surface area contributed by atoms with Crippen LogP contribution in [0.5, 0.6) is 0 Å². The molecule has 3 aliphatic carbocycles. The van der Waals surface area contributed by atoms with Crippen LogP contribution in [0.4, 0.5) is 0 Å². The van der Waals surface area contributed by atoms with E-state index >= 15 is 0 Å². The summed E-state index contributed by atoms with van der Waals surface area (Å²) in [4.78, 5) is 29.9. The minimum atomic E-state index is -0.720. The van der Waals surface area contributed by atoms with Gasteiger partial charge in [-0.1, -0.05) is 80.9 Å². The Balaban J connectivity index is 1.31. The maximum absolute atomic E-state index is 14.2. The van der Waals surface area contributed by atoms with E-state index in [0.29, 0.717) is 17.8 Å². The van der Waals surface area contributed by atoms with Crippen LogP contribution >= 0.6 is 0 Å². The van der Waals surface area contributed by atoms with E-state index < -0.39 is 11.5 Å². The maximum Gasteiger partial charge on any atom is 0.235 e.